The van der Waals surface area contributed by atoms with Crippen molar-refractivity contribution in [2.45, 2.75) is 38.6 Å². The molecule has 0 aromatic rings. The highest BCUT2D eigenvalue weighted by Gasteiger charge is 2.55. The predicted molar refractivity (Wildman–Crippen MR) is 55.2 cm³/mol. The number of hydrogen-bond donors (Lipinski definition) is 1. The summed E-state index contributed by atoms with van der Waals surface area (Å²) in [4.78, 5) is 0. The topological polar surface area (TPSA) is 12.0 Å². The number of nitrogens with one attached hydrogen (secondary N) is 1. The quantitative estimate of drug-likeness (QED) is 0.648. The highest BCUT2D eigenvalue weighted by molar-refractivity contribution is 5.15. The number of terminal acetylenes is 1. The molecule has 72 valence electrons. The standard InChI is InChI=1S/C12H19N/c1-3-8-13-11(4-2)12-9-6-5-7-10(9)12/h2,9-13H,3,5-8H2,1H3. The molecular weight excluding hydrogens is 158 g/mol. The van der Waals surface area contributed by atoms with Gasteiger partial charge >= 0.3 is 0 Å². The fourth-order valence-corrected chi connectivity index (χ4v) is 2.98. The predicted octanol–water partition coefficient (Wildman–Crippen LogP) is 2.03. The van der Waals surface area contributed by atoms with Crippen LogP contribution in [0, 0.1) is 30.1 Å². The lowest BCUT2D eigenvalue weighted by Crippen LogP contribution is -2.31. The third-order valence-corrected chi connectivity index (χ3v) is 3.65. The minimum Gasteiger partial charge on any atom is -0.303 e. The van der Waals surface area contributed by atoms with Crippen molar-refractivity contribution >= 4 is 0 Å². The fraction of sp³-hybridized carbons (Fsp3) is 0.833. The lowest BCUT2D eigenvalue weighted by atomic mass is 10.0. The Morgan fingerprint density at radius 3 is 2.69 bits per heavy atom. The molecule has 13 heavy (non-hydrogen) atoms. The molecule has 3 unspecified atom stereocenters. The summed E-state index contributed by atoms with van der Waals surface area (Å²) in [5.41, 5.74) is 0. The van der Waals surface area contributed by atoms with Crippen molar-refractivity contribution in [3.05, 3.63) is 0 Å². The van der Waals surface area contributed by atoms with Crippen LogP contribution in [-0.4, -0.2) is 12.6 Å². The van der Waals surface area contributed by atoms with Gasteiger partial charge in [0, 0.05) is 0 Å². The zero-order chi connectivity index (χ0) is 9.26. The van der Waals surface area contributed by atoms with E-state index in [1.54, 1.807) is 0 Å². The van der Waals surface area contributed by atoms with Crippen molar-refractivity contribution in [2.75, 3.05) is 6.54 Å². The summed E-state index contributed by atoms with van der Waals surface area (Å²) in [7, 11) is 0. The zero-order valence-corrected chi connectivity index (χ0v) is 8.42. The highest BCUT2D eigenvalue weighted by Crippen LogP contribution is 2.58. The van der Waals surface area contributed by atoms with E-state index in [4.69, 9.17) is 6.42 Å². The van der Waals surface area contributed by atoms with E-state index in [2.05, 4.69) is 18.2 Å². The molecule has 2 aliphatic carbocycles. The molecule has 1 nitrogen and oxygen atoms in total. The molecule has 2 rings (SSSR count). The van der Waals surface area contributed by atoms with E-state index >= 15 is 0 Å². The molecule has 0 aromatic heterocycles. The van der Waals surface area contributed by atoms with Crippen molar-refractivity contribution < 1.29 is 0 Å². The van der Waals surface area contributed by atoms with Gasteiger partial charge in [0.05, 0.1) is 6.04 Å². The maximum Gasteiger partial charge on any atom is 0.0721 e. The second-order valence-corrected chi connectivity index (χ2v) is 4.43. The number of fused-ring (bicyclic) bond motifs is 1. The van der Waals surface area contributed by atoms with Gasteiger partial charge in [0.25, 0.3) is 0 Å². The van der Waals surface area contributed by atoms with Gasteiger partial charge in [0.2, 0.25) is 0 Å². The summed E-state index contributed by atoms with van der Waals surface area (Å²) in [6, 6.07) is 0.371. The van der Waals surface area contributed by atoms with Gasteiger partial charge in [0.1, 0.15) is 0 Å². The molecule has 0 aromatic carbocycles. The van der Waals surface area contributed by atoms with Gasteiger partial charge in [-0.15, -0.1) is 6.42 Å². The fourth-order valence-electron chi connectivity index (χ4n) is 2.98. The first-order chi connectivity index (χ1) is 6.38. The van der Waals surface area contributed by atoms with Crippen LogP contribution in [0.1, 0.15) is 32.6 Å². The Hall–Kier alpha value is -0.480. The van der Waals surface area contributed by atoms with Crippen LogP contribution >= 0.6 is 0 Å². The minimum atomic E-state index is 0.371. The zero-order valence-electron chi connectivity index (χ0n) is 8.42. The van der Waals surface area contributed by atoms with E-state index in [9.17, 15) is 0 Å². The van der Waals surface area contributed by atoms with Crippen LogP contribution in [-0.2, 0) is 0 Å². The summed E-state index contributed by atoms with van der Waals surface area (Å²) in [5, 5.41) is 3.47. The third kappa shape index (κ3) is 1.60. The Bertz CT molecular complexity index is 206. The molecule has 0 radical (unpaired) electrons. The van der Waals surface area contributed by atoms with Crippen LogP contribution in [0.15, 0.2) is 0 Å². The van der Waals surface area contributed by atoms with E-state index in [1.165, 1.54) is 25.7 Å². The number of hydrogen-bond acceptors (Lipinski definition) is 1. The summed E-state index contributed by atoms with van der Waals surface area (Å²) in [6.07, 6.45) is 11.0. The van der Waals surface area contributed by atoms with Crippen molar-refractivity contribution in [3.8, 4) is 12.3 Å². The maximum absolute atomic E-state index is 5.55. The molecule has 2 fully saturated rings. The first-order valence-electron chi connectivity index (χ1n) is 5.58. The van der Waals surface area contributed by atoms with E-state index < -0.39 is 0 Å². The molecular formula is C12H19N. The maximum atomic E-state index is 5.55. The molecule has 3 atom stereocenters. The average Bonchev–Trinajstić information content (AvgIpc) is 2.62. The Kier molecular flexibility index (Phi) is 2.60. The van der Waals surface area contributed by atoms with Crippen molar-refractivity contribution in [1.29, 1.82) is 0 Å². The SMILES string of the molecule is C#CC(NCCC)C1C2CCCC21. The van der Waals surface area contributed by atoms with Crippen LogP contribution in [0.4, 0.5) is 0 Å². The first-order valence-corrected chi connectivity index (χ1v) is 5.58. The van der Waals surface area contributed by atoms with Gasteiger partial charge in [-0.05, 0) is 43.6 Å². The van der Waals surface area contributed by atoms with E-state index in [0.717, 1.165) is 24.3 Å². The third-order valence-electron chi connectivity index (χ3n) is 3.65. The van der Waals surface area contributed by atoms with Gasteiger partial charge in [-0.25, -0.2) is 0 Å². The molecule has 0 spiro atoms. The van der Waals surface area contributed by atoms with Crippen LogP contribution in [0.2, 0.25) is 0 Å². The van der Waals surface area contributed by atoms with Crippen LogP contribution in [0.3, 0.4) is 0 Å². The second kappa shape index (κ2) is 3.72. The van der Waals surface area contributed by atoms with Gasteiger partial charge in [-0.2, -0.15) is 0 Å². The smallest absolute Gasteiger partial charge is 0.0721 e. The average molecular weight is 177 g/mol. The Labute approximate surface area is 81.3 Å². The van der Waals surface area contributed by atoms with Gasteiger partial charge in [-0.3, -0.25) is 0 Å². The van der Waals surface area contributed by atoms with Crippen molar-refractivity contribution in [1.82, 2.24) is 5.32 Å². The first kappa shape index (κ1) is 9.09. The molecule has 0 saturated heterocycles. The van der Waals surface area contributed by atoms with E-state index in [-0.39, 0.29) is 0 Å². The highest BCUT2D eigenvalue weighted by atomic mass is 14.9. The largest absolute Gasteiger partial charge is 0.303 e. The molecule has 2 aliphatic rings. The monoisotopic (exact) mass is 177 g/mol. The molecule has 0 heterocycles. The van der Waals surface area contributed by atoms with E-state index in [0.29, 0.717) is 6.04 Å². The summed E-state index contributed by atoms with van der Waals surface area (Å²) >= 11 is 0. The van der Waals surface area contributed by atoms with Crippen LogP contribution in [0.25, 0.3) is 0 Å². The molecule has 0 aliphatic heterocycles. The normalized spacial score (nSPS) is 38.0. The van der Waals surface area contributed by atoms with Crippen LogP contribution in [0.5, 0.6) is 0 Å². The lowest BCUT2D eigenvalue weighted by molar-refractivity contribution is 0.473. The molecule has 0 amide bonds. The Morgan fingerprint density at radius 2 is 2.15 bits per heavy atom. The molecule has 1 heteroatoms. The van der Waals surface area contributed by atoms with Crippen LogP contribution < -0.4 is 5.32 Å². The van der Waals surface area contributed by atoms with Gasteiger partial charge in [0.15, 0.2) is 0 Å². The molecule has 2 saturated carbocycles. The molecule has 1 N–H and O–H groups in total. The second-order valence-electron chi connectivity index (χ2n) is 4.43. The lowest BCUT2D eigenvalue weighted by Gasteiger charge is -2.13. The summed E-state index contributed by atoms with van der Waals surface area (Å²) in [5.74, 6) is 5.70. The van der Waals surface area contributed by atoms with Gasteiger partial charge in [-0.1, -0.05) is 19.3 Å². The van der Waals surface area contributed by atoms with Gasteiger partial charge < -0.3 is 5.32 Å². The summed E-state index contributed by atoms with van der Waals surface area (Å²) < 4.78 is 0. The van der Waals surface area contributed by atoms with E-state index in [1.807, 2.05) is 0 Å². The molecule has 0 bridgehead atoms. The summed E-state index contributed by atoms with van der Waals surface area (Å²) in [6.45, 7) is 3.26. The minimum absolute atomic E-state index is 0.371. The number of rotatable bonds is 4. The Balaban J connectivity index is 1.82. The van der Waals surface area contributed by atoms with Crippen molar-refractivity contribution in [3.63, 3.8) is 0 Å². The van der Waals surface area contributed by atoms with Crippen molar-refractivity contribution in [2.24, 2.45) is 17.8 Å². The Morgan fingerprint density at radius 1 is 1.46 bits per heavy atom.